The number of aliphatic hydroxyl groups is 1. The Bertz CT molecular complexity index is 788. The van der Waals surface area contributed by atoms with Crippen molar-refractivity contribution in [3.8, 4) is 5.75 Å². The van der Waals surface area contributed by atoms with Crippen LogP contribution < -0.4 is 15.4 Å². The molecule has 1 aliphatic rings. The van der Waals surface area contributed by atoms with Gasteiger partial charge in [-0.1, -0.05) is 42.5 Å². The fourth-order valence-corrected chi connectivity index (χ4v) is 3.59. The zero-order valence-corrected chi connectivity index (χ0v) is 20.6. The fourth-order valence-electron chi connectivity index (χ4n) is 3.59. The summed E-state index contributed by atoms with van der Waals surface area (Å²) in [5.41, 5.74) is 2.79. The molecule has 1 aliphatic heterocycles. The molecule has 2 aromatic carbocycles. The molecule has 1 unspecified atom stereocenters. The highest BCUT2D eigenvalue weighted by atomic mass is 127. The minimum absolute atomic E-state index is 0. The number of hydrogen-bond donors (Lipinski definition) is 3. The maximum Gasteiger partial charge on any atom is 0.191 e. The van der Waals surface area contributed by atoms with Crippen LogP contribution in [0.2, 0.25) is 0 Å². The van der Waals surface area contributed by atoms with Gasteiger partial charge in [0, 0.05) is 32.7 Å². The monoisotopic (exact) mass is 538 g/mol. The first-order valence-electron chi connectivity index (χ1n) is 10.9. The molecule has 0 saturated carbocycles. The summed E-state index contributed by atoms with van der Waals surface area (Å²) < 4.78 is 5.71. The third kappa shape index (κ3) is 9.04. The average Bonchev–Trinajstić information content (AvgIpc) is 2.78. The minimum Gasteiger partial charge on any atom is -0.494 e. The smallest absolute Gasteiger partial charge is 0.191 e. The molecule has 1 heterocycles. The van der Waals surface area contributed by atoms with Crippen LogP contribution in [0.1, 0.15) is 24.5 Å². The number of guanidine groups is 1. The number of halogens is 1. The highest BCUT2D eigenvalue weighted by molar-refractivity contribution is 14.0. The van der Waals surface area contributed by atoms with E-state index >= 15 is 0 Å². The van der Waals surface area contributed by atoms with Crippen molar-refractivity contribution in [3.05, 3.63) is 65.7 Å². The third-order valence-corrected chi connectivity index (χ3v) is 5.11. The summed E-state index contributed by atoms with van der Waals surface area (Å²) in [6, 6.07) is 18.4. The number of hydrogen-bond acceptors (Lipinski definition) is 4. The van der Waals surface area contributed by atoms with Crippen molar-refractivity contribution < 1.29 is 9.84 Å². The van der Waals surface area contributed by atoms with E-state index in [9.17, 15) is 5.11 Å². The number of para-hydroxylation sites is 1. The Labute approximate surface area is 203 Å². The maximum absolute atomic E-state index is 10.5. The van der Waals surface area contributed by atoms with Crippen LogP contribution in [0.4, 0.5) is 0 Å². The van der Waals surface area contributed by atoms with Gasteiger partial charge >= 0.3 is 0 Å². The molecule has 31 heavy (non-hydrogen) atoms. The summed E-state index contributed by atoms with van der Waals surface area (Å²) in [6.07, 6.45) is 1.43. The molecule has 2 aromatic rings. The maximum atomic E-state index is 10.5. The molecule has 0 aliphatic carbocycles. The number of rotatable bonds is 10. The second-order valence-electron chi connectivity index (χ2n) is 7.57. The second-order valence-corrected chi connectivity index (χ2v) is 7.57. The topological polar surface area (TPSA) is 69.1 Å². The molecular formula is C24H35IN4O2. The van der Waals surface area contributed by atoms with E-state index in [1.54, 1.807) is 0 Å². The van der Waals surface area contributed by atoms with Crippen molar-refractivity contribution in [2.75, 3.05) is 39.3 Å². The van der Waals surface area contributed by atoms with Crippen molar-refractivity contribution in [1.29, 1.82) is 0 Å². The number of ether oxygens (including phenoxy) is 1. The predicted octanol–water partition coefficient (Wildman–Crippen LogP) is 3.05. The Morgan fingerprint density at radius 3 is 2.61 bits per heavy atom. The van der Waals surface area contributed by atoms with Gasteiger partial charge in [0.2, 0.25) is 0 Å². The lowest BCUT2D eigenvalue weighted by molar-refractivity contribution is 0.111. The number of nitrogens with one attached hydrogen (secondary N) is 2. The van der Waals surface area contributed by atoms with Gasteiger partial charge in [0.15, 0.2) is 5.96 Å². The molecule has 3 rings (SSSR count). The predicted molar refractivity (Wildman–Crippen MR) is 137 cm³/mol. The quantitative estimate of drug-likeness (QED) is 0.188. The third-order valence-electron chi connectivity index (χ3n) is 5.11. The van der Waals surface area contributed by atoms with E-state index in [0.29, 0.717) is 19.7 Å². The van der Waals surface area contributed by atoms with Crippen LogP contribution in [0.3, 0.4) is 0 Å². The van der Waals surface area contributed by atoms with E-state index in [-0.39, 0.29) is 24.0 Å². The van der Waals surface area contributed by atoms with Crippen LogP contribution >= 0.6 is 24.0 Å². The number of aliphatic imine (C=N–C) groups is 1. The minimum atomic E-state index is -0.480. The van der Waals surface area contributed by atoms with E-state index in [4.69, 9.17) is 4.74 Å². The van der Waals surface area contributed by atoms with Gasteiger partial charge in [0.05, 0.1) is 19.3 Å². The normalized spacial score (nSPS) is 14.8. The number of β-amino-alcohol motifs (C(OH)–C–C–N with tert-alkyl or cyclic N) is 1. The standard InChI is InChI=1S/C24H34N4O2.HI/c1-2-25-24(26-14-8-16-30-23-11-4-3-5-12-23)27-17-22(29)19-28-15-13-20-9-6-7-10-21(20)18-28;/h3-7,9-12,22,29H,2,8,13-19H2,1H3,(H2,25,26,27);1H. The van der Waals surface area contributed by atoms with Crippen molar-refractivity contribution in [2.24, 2.45) is 4.99 Å². The lowest BCUT2D eigenvalue weighted by Crippen LogP contribution is -2.40. The van der Waals surface area contributed by atoms with Crippen molar-refractivity contribution >= 4 is 29.9 Å². The molecule has 6 nitrogen and oxygen atoms in total. The van der Waals surface area contributed by atoms with E-state index in [1.165, 1.54) is 11.1 Å². The zero-order valence-electron chi connectivity index (χ0n) is 18.3. The fraction of sp³-hybridized carbons (Fsp3) is 0.458. The van der Waals surface area contributed by atoms with Gasteiger partial charge in [-0.2, -0.15) is 0 Å². The number of benzene rings is 2. The van der Waals surface area contributed by atoms with Crippen molar-refractivity contribution in [2.45, 2.75) is 32.4 Å². The molecular weight excluding hydrogens is 503 g/mol. The van der Waals surface area contributed by atoms with E-state index in [2.05, 4.69) is 44.8 Å². The Morgan fingerprint density at radius 1 is 1.10 bits per heavy atom. The molecule has 0 bridgehead atoms. The average molecular weight is 538 g/mol. The summed E-state index contributed by atoms with van der Waals surface area (Å²) in [7, 11) is 0. The SMILES string of the molecule is CCNC(=NCC(O)CN1CCc2ccccc2C1)NCCCOc1ccccc1.I. The van der Waals surface area contributed by atoms with Gasteiger partial charge in [0.1, 0.15) is 5.75 Å². The summed E-state index contributed by atoms with van der Waals surface area (Å²) in [5, 5.41) is 17.0. The first-order valence-corrected chi connectivity index (χ1v) is 10.9. The lowest BCUT2D eigenvalue weighted by atomic mass is 10.00. The number of fused-ring (bicyclic) bond motifs is 1. The largest absolute Gasteiger partial charge is 0.494 e. The van der Waals surface area contributed by atoms with Gasteiger partial charge < -0.3 is 20.5 Å². The molecule has 0 spiro atoms. The molecule has 3 N–H and O–H groups in total. The van der Waals surface area contributed by atoms with E-state index < -0.39 is 6.10 Å². The van der Waals surface area contributed by atoms with Crippen LogP contribution in [0.5, 0.6) is 5.75 Å². The summed E-state index contributed by atoms with van der Waals surface area (Å²) in [6.45, 7) is 7.14. The Kier molecular flexibility index (Phi) is 11.7. The van der Waals surface area contributed by atoms with Gasteiger partial charge in [-0.25, -0.2) is 0 Å². The first-order chi connectivity index (χ1) is 14.7. The van der Waals surface area contributed by atoms with Crippen LogP contribution in [0.15, 0.2) is 59.6 Å². The van der Waals surface area contributed by atoms with Crippen LogP contribution in [-0.4, -0.2) is 61.4 Å². The number of aliphatic hydroxyl groups excluding tert-OH is 1. The molecule has 0 saturated heterocycles. The molecule has 1 atom stereocenters. The summed E-state index contributed by atoms with van der Waals surface area (Å²) >= 11 is 0. The molecule has 0 aromatic heterocycles. The van der Waals surface area contributed by atoms with Crippen molar-refractivity contribution in [1.82, 2.24) is 15.5 Å². The summed E-state index contributed by atoms with van der Waals surface area (Å²) in [4.78, 5) is 6.87. The molecule has 170 valence electrons. The van der Waals surface area contributed by atoms with Gasteiger partial charge in [-0.15, -0.1) is 24.0 Å². The van der Waals surface area contributed by atoms with E-state index in [0.717, 1.165) is 50.7 Å². The van der Waals surface area contributed by atoms with Gasteiger partial charge in [-0.3, -0.25) is 9.89 Å². The highest BCUT2D eigenvalue weighted by Crippen LogP contribution is 2.18. The Hall–Kier alpha value is -1.84. The van der Waals surface area contributed by atoms with E-state index in [1.807, 2.05) is 37.3 Å². The zero-order chi connectivity index (χ0) is 21.0. The Balaban J connectivity index is 0.00000341. The molecule has 0 radical (unpaired) electrons. The molecule has 7 heteroatoms. The van der Waals surface area contributed by atoms with Crippen LogP contribution in [0.25, 0.3) is 0 Å². The van der Waals surface area contributed by atoms with Crippen molar-refractivity contribution in [3.63, 3.8) is 0 Å². The Morgan fingerprint density at radius 2 is 1.84 bits per heavy atom. The first kappa shape index (κ1) is 25.4. The lowest BCUT2D eigenvalue weighted by Gasteiger charge is -2.30. The van der Waals surface area contributed by atoms with Gasteiger partial charge in [-0.05, 0) is 43.0 Å². The number of nitrogens with zero attached hydrogens (tertiary/aromatic N) is 2. The van der Waals surface area contributed by atoms with Gasteiger partial charge in [0.25, 0.3) is 0 Å². The summed E-state index contributed by atoms with van der Waals surface area (Å²) in [5.74, 6) is 1.63. The van der Waals surface area contributed by atoms with Crippen LogP contribution in [-0.2, 0) is 13.0 Å². The second kappa shape index (κ2) is 14.3. The van der Waals surface area contributed by atoms with Crippen LogP contribution in [0, 0.1) is 0 Å². The highest BCUT2D eigenvalue weighted by Gasteiger charge is 2.18. The molecule has 0 amide bonds. The molecule has 0 fully saturated rings.